The molecule has 1 N–H and O–H groups in total. The van der Waals surface area contributed by atoms with E-state index in [4.69, 9.17) is 0 Å². The number of halogens is 2. The molecule has 3 nitrogen and oxygen atoms in total. The van der Waals surface area contributed by atoms with Gasteiger partial charge in [-0.1, -0.05) is 0 Å². The zero-order chi connectivity index (χ0) is 14.7. The lowest BCUT2D eigenvalue weighted by Crippen LogP contribution is -2.55. The summed E-state index contributed by atoms with van der Waals surface area (Å²) in [6, 6.07) is 3.86. The van der Waals surface area contributed by atoms with Crippen molar-refractivity contribution in [2.24, 2.45) is 0 Å². The first-order chi connectivity index (χ1) is 9.45. The van der Waals surface area contributed by atoms with E-state index < -0.39 is 11.6 Å². The minimum Gasteiger partial charge on any atom is -0.340 e. The number of nitrogens with one attached hydrogen (secondary N) is 1. The molecule has 0 radical (unpaired) electrons. The Morgan fingerprint density at radius 2 is 1.95 bits per heavy atom. The number of rotatable bonds is 3. The average Bonchev–Trinajstić information content (AvgIpc) is 2.38. The van der Waals surface area contributed by atoms with E-state index in [1.807, 2.05) is 13.8 Å². The number of piperazine rings is 1. The third-order valence-corrected chi connectivity index (χ3v) is 3.53. The summed E-state index contributed by atoms with van der Waals surface area (Å²) < 4.78 is 26.5. The fraction of sp³-hybridized carbons (Fsp3) is 0.533. The monoisotopic (exact) mass is 282 g/mol. The zero-order valence-electron chi connectivity index (χ0n) is 11.8. The van der Waals surface area contributed by atoms with Gasteiger partial charge >= 0.3 is 0 Å². The van der Waals surface area contributed by atoms with Crippen LogP contribution in [0.3, 0.4) is 0 Å². The third kappa shape index (κ3) is 3.76. The highest BCUT2D eigenvalue weighted by molar-refractivity contribution is 5.76. The summed E-state index contributed by atoms with van der Waals surface area (Å²) in [7, 11) is 0. The van der Waals surface area contributed by atoms with Crippen molar-refractivity contribution in [1.82, 2.24) is 10.2 Å². The van der Waals surface area contributed by atoms with Gasteiger partial charge < -0.3 is 10.2 Å². The van der Waals surface area contributed by atoms with Crippen molar-refractivity contribution < 1.29 is 13.6 Å². The van der Waals surface area contributed by atoms with E-state index in [1.165, 1.54) is 0 Å². The van der Waals surface area contributed by atoms with E-state index in [-0.39, 0.29) is 36.4 Å². The van der Waals surface area contributed by atoms with Crippen molar-refractivity contribution >= 4 is 5.91 Å². The number of hydrogen-bond acceptors (Lipinski definition) is 2. The molecule has 1 fully saturated rings. The summed E-state index contributed by atoms with van der Waals surface area (Å²) in [5, 5.41) is 3.35. The Balaban J connectivity index is 1.93. The van der Waals surface area contributed by atoms with Crippen LogP contribution in [0.1, 0.15) is 25.8 Å². The zero-order valence-corrected chi connectivity index (χ0v) is 11.8. The molecule has 0 saturated carbocycles. The molecule has 1 aliphatic rings. The first-order valence-corrected chi connectivity index (χ1v) is 6.93. The van der Waals surface area contributed by atoms with Crippen molar-refractivity contribution in [2.75, 3.05) is 13.1 Å². The smallest absolute Gasteiger partial charge is 0.223 e. The molecule has 2 atom stereocenters. The Kier molecular flexibility index (Phi) is 4.70. The quantitative estimate of drug-likeness (QED) is 0.921. The van der Waals surface area contributed by atoms with Gasteiger partial charge in [-0.2, -0.15) is 0 Å². The van der Waals surface area contributed by atoms with Gasteiger partial charge in [0.1, 0.15) is 11.6 Å². The number of amides is 1. The van der Waals surface area contributed by atoms with Crippen molar-refractivity contribution in [3.8, 4) is 0 Å². The van der Waals surface area contributed by atoms with Crippen molar-refractivity contribution in [2.45, 2.75) is 38.8 Å². The van der Waals surface area contributed by atoms with Gasteiger partial charge in [0.05, 0.1) is 0 Å². The van der Waals surface area contributed by atoms with Gasteiger partial charge in [-0.3, -0.25) is 4.79 Å². The van der Waals surface area contributed by atoms with Crippen LogP contribution in [0, 0.1) is 11.6 Å². The fourth-order valence-electron chi connectivity index (χ4n) is 2.67. The second-order valence-corrected chi connectivity index (χ2v) is 5.50. The van der Waals surface area contributed by atoms with Gasteiger partial charge in [-0.15, -0.1) is 0 Å². The predicted molar refractivity (Wildman–Crippen MR) is 73.3 cm³/mol. The number of hydrogen-bond donors (Lipinski definition) is 1. The first kappa shape index (κ1) is 14.9. The van der Waals surface area contributed by atoms with E-state index in [1.54, 1.807) is 4.90 Å². The summed E-state index contributed by atoms with van der Waals surface area (Å²) in [6.45, 7) is 5.38. The van der Waals surface area contributed by atoms with Crippen LogP contribution in [0.2, 0.25) is 0 Å². The lowest BCUT2D eigenvalue weighted by molar-refractivity contribution is -0.132. The second kappa shape index (κ2) is 6.31. The molecule has 1 aromatic carbocycles. The number of nitrogens with zero attached hydrogens (tertiary/aromatic N) is 1. The highest BCUT2D eigenvalue weighted by Crippen LogP contribution is 2.13. The number of benzene rings is 1. The Morgan fingerprint density at radius 1 is 1.30 bits per heavy atom. The van der Waals surface area contributed by atoms with Gasteiger partial charge in [0.2, 0.25) is 5.91 Å². The molecule has 2 rings (SSSR count). The second-order valence-electron chi connectivity index (χ2n) is 5.50. The summed E-state index contributed by atoms with van der Waals surface area (Å²) in [5.74, 6) is -0.937. The minimum absolute atomic E-state index is 0.00568. The average molecular weight is 282 g/mol. The number of carbonyl (C=O) groups is 1. The molecule has 1 aromatic rings. The van der Waals surface area contributed by atoms with E-state index in [0.717, 1.165) is 18.2 Å². The van der Waals surface area contributed by atoms with Crippen molar-refractivity contribution in [3.63, 3.8) is 0 Å². The summed E-state index contributed by atoms with van der Waals surface area (Å²) in [4.78, 5) is 13.9. The maximum atomic E-state index is 13.5. The van der Waals surface area contributed by atoms with Crippen molar-refractivity contribution in [3.05, 3.63) is 35.4 Å². The van der Waals surface area contributed by atoms with Crippen molar-refractivity contribution in [1.29, 1.82) is 0 Å². The van der Waals surface area contributed by atoms with Crippen LogP contribution in [0.25, 0.3) is 0 Å². The Labute approximate surface area is 118 Å². The molecule has 1 amide bonds. The van der Waals surface area contributed by atoms with Gasteiger partial charge in [0, 0.05) is 31.6 Å². The topological polar surface area (TPSA) is 32.3 Å². The summed E-state index contributed by atoms with van der Waals surface area (Å²) >= 11 is 0. The van der Waals surface area contributed by atoms with Crippen LogP contribution >= 0.6 is 0 Å². The van der Waals surface area contributed by atoms with E-state index >= 15 is 0 Å². The standard InChI is InChI=1S/C15H20F2N2O/c1-10-8-19(9-11(2)18-10)15(20)6-3-12-7-13(16)4-5-14(12)17/h4-5,7,10-11,18H,3,6,8-9H2,1-2H3/t10-,11-/m0/s1. The highest BCUT2D eigenvalue weighted by Gasteiger charge is 2.24. The summed E-state index contributed by atoms with van der Waals surface area (Å²) in [5.41, 5.74) is 0.259. The molecule has 0 spiro atoms. The lowest BCUT2D eigenvalue weighted by Gasteiger charge is -2.36. The van der Waals surface area contributed by atoms with Crippen LogP contribution in [-0.2, 0) is 11.2 Å². The Morgan fingerprint density at radius 3 is 2.60 bits per heavy atom. The largest absolute Gasteiger partial charge is 0.340 e. The van der Waals surface area contributed by atoms with E-state index in [9.17, 15) is 13.6 Å². The molecular weight excluding hydrogens is 262 g/mol. The lowest BCUT2D eigenvalue weighted by atomic mass is 10.1. The highest BCUT2D eigenvalue weighted by atomic mass is 19.1. The van der Waals surface area contributed by atoms with Gasteiger partial charge in [-0.25, -0.2) is 8.78 Å². The molecule has 0 bridgehead atoms. The first-order valence-electron chi connectivity index (χ1n) is 6.93. The van der Waals surface area contributed by atoms with Crippen LogP contribution < -0.4 is 5.32 Å². The number of aryl methyl sites for hydroxylation is 1. The van der Waals surface area contributed by atoms with Crippen LogP contribution in [0.5, 0.6) is 0 Å². The maximum absolute atomic E-state index is 13.5. The molecule has 1 heterocycles. The fourth-order valence-corrected chi connectivity index (χ4v) is 2.67. The predicted octanol–water partition coefficient (Wildman–Crippen LogP) is 2.11. The van der Waals surface area contributed by atoms with E-state index in [0.29, 0.717) is 13.1 Å². The molecule has 0 unspecified atom stereocenters. The van der Waals surface area contributed by atoms with Gasteiger partial charge in [0.15, 0.2) is 0 Å². The minimum atomic E-state index is -0.474. The molecule has 20 heavy (non-hydrogen) atoms. The van der Waals surface area contributed by atoms with Gasteiger partial charge in [-0.05, 0) is 44.0 Å². The normalized spacial score (nSPS) is 22.9. The Hall–Kier alpha value is -1.49. The molecule has 110 valence electrons. The van der Waals surface area contributed by atoms with Crippen LogP contribution in [-0.4, -0.2) is 36.0 Å². The van der Waals surface area contributed by atoms with Gasteiger partial charge in [0.25, 0.3) is 0 Å². The molecule has 0 aromatic heterocycles. The van der Waals surface area contributed by atoms with E-state index in [2.05, 4.69) is 5.32 Å². The summed E-state index contributed by atoms with van der Waals surface area (Å²) in [6.07, 6.45) is 0.439. The molecule has 5 heteroatoms. The maximum Gasteiger partial charge on any atom is 0.223 e. The van der Waals surface area contributed by atoms with Crippen LogP contribution in [0.15, 0.2) is 18.2 Å². The molecule has 1 aliphatic heterocycles. The number of carbonyl (C=O) groups excluding carboxylic acids is 1. The Bertz CT molecular complexity index is 483. The van der Waals surface area contributed by atoms with Crippen LogP contribution in [0.4, 0.5) is 8.78 Å². The molecule has 1 saturated heterocycles. The molecular formula is C15H20F2N2O. The third-order valence-electron chi connectivity index (χ3n) is 3.53. The molecule has 0 aliphatic carbocycles. The SMILES string of the molecule is C[C@H]1CN(C(=O)CCc2cc(F)ccc2F)C[C@H](C)N1.